The van der Waals surface area contributed by atoms with Gasteiger partial charge in [0, 0.05) is 0 Å². The summed E-state index contributed by atoms with van der Waals surface area (Å²) in [6, 6.07) is 0. The van der Waals surface area contributed by atoms with Crippen molar-refractivity contribution in [2.24, 2.45) is 10.8 Å². The zero-order chi connectivity index (χ0) is 19.0. The van der Waals surface area contributed by atoms with Gasteiger partial charge >= 0.3 is 23.9 Å². The summed E-state index contributed by atoms with van der Waals surface area (Å²) in [5.41, 5.74) is -3.56. The van der Waals surface area contributed by atoms with Gasteiger partial charge in [0.2, 0.25) is 0 Å². The van der Waals surface area contributed by atoms with Gasteiger partial charge in [-0.1, -0.05) is 12.2 Å². The largest absolute Gasteiger partial charge is 0.480 e. The summed E-state index contributed by atoms with van der Waals surface area (Å²) >= 11 is 0. The van der Waals surface area contributed by atoms with Crippen LogP contribution in [0.1, 0.15) is 40.5 Å². The molecule has 24 heavy (non-hydrogen) atoms. The summed E-state index contributed by atoms with van der Waals surface area (Å²) in [5, 5.41) is 18.5. The van der Waals surface area contributed by atoms with Crippen LogP contribution in [-0.4, -0.2) is 47.3 Å². The molecule has 0 aromatic carbocycles. The fraction of sp³-hybridized carbons (Fsp3) is 0.625. The molecule has 2 atom stereocenters. The molecule has 2 N–H and O–H groups in total. The van der Waals surface area contributed by atoms with Crippen molar-refractivity contribution in [2.45, 2.75) is 40.5 Å². The molecule has 8 nitrogen and oxygen atoms in total. The quantitative estimate of drug-likeness (QED) is 0.348. The van der Waals surface area contributed by atoms with Crippen LogP contribution in [0, 0.1) is 10.8 Å². The molecule has 0 saturated heterocycles. The van der Waals surface area contributed by atoms with Gasteiger partial charge < -0.3 is 19.7 Å². The van der Waals surface area contributed by atoms with Gasteiger partial charge in [0.1, 0.15) is 0 Å². The molecular formula is C16H24O8. The number of carboxylic acid groups (broad SMARTS) is 2. The molecule has 0 aliphatic heterocycles. The Balaban J connectivity index is 5.11. The maximum atomic E-state index is 11.8. The summed E-state index contributed by atoms with van der Waals surface area (Å²) < 4.78 is 9.51. The summed E-state index contributed by atoms with van der Waals surface area (Å²) in [5.74, 6) is -4.46. The molecule has 0 spiro atoms. The smallest absolute Gasteiger partial charge is 0.323 e. The molecule has 0 heterocycles. The fourth-order valence-corrected chi connectivity index (χ4v) is 1.73. The predicted molar refractivity (Wildman–Crippen MR) is 83.1 cm³/mol. The lowest BCUT2D eigenvalue weighted by Crippen LogP contribution is -2.38. The van der Waals surface area contributed by atoms with Gasteiger partial charge in [0.25, 0.3) is 0 Å². The number of aliphatic carboxylic acids is 2. The van der Waals surface area contributed by atoms with Crippen molar-refractivity contribution >= 4 is 23.9 Å². The zero-order valence-electron chi connectivity index (χ0n) is 14.3. The first-order valence-electron chi connectivity index (χ1n) is 7.52. The van der Waals surface area contributed by atoms with Gasteiger partial charge in [-0.15, -0.1) is 0 Å². The topological polar surface area (TPSA) is 127 Å². The SMILES string of the molecule is CCOC(=O)C(C)(C/C=C/CC(C)(C(=O)O)C(=O)OCC)C(=O)O. The first kappa shape index (κ1) is 21.6. The average molecular weight is 344 g/mol. The minimum absolute atomic E-state index is 0.0470. The number of carbonyl (C=O) groups is 4. The number of ether oxygens (including phenoxy) is 2. The monoisotopic (exact) mass is 344 g/mol. The number of carbonyl (C=O) groups excluding carboxylic acids is 2. The van der Waals surface area contributed by atoms with Crippen molar-refractivity contribution in [1.29, 1.82) is 0 Å². The second kappa shape index (κ2) is 9.05. The van der Waals surface area contributed by atoms with E-state index < -0.39 is 34.7 Å². The Hall–Kier alpha value is -2.38. The zero-order valence-corrected chi connectivity index (χ0v) is 14.3. The summed E-state index contributed by atoms with van der Waals surface area (Å²) in [4.78, 5) is 46.2. The van der Waals surface area contributed by atoms with Crippen LogP contribution in [0.15, 0.2) is 12.2 Å². The Labute approximate surface area is 140 Å². The van der Waals surface area contributed by atoms with E-state index in [0.29, 0.717) is 0 Å². The van der Waals surface area contributed by atoms with E-state index in [2.05, 4.69) is 0 Å². The third kappa shape index (κ3) is 5.07. The van der Waals surface area contributed by atoms with Gasteiger partial charge in [0.15, 0.2) is 10.8 Å². The highest BCUT2D eigenvalue weighted by Crippen LogP contribution is 2.27. The van der Waals surface area contributed by atoms with Crippen molar-refractivity contribution in [1.82, 2.24) is 0 Å². The van der Waals surface area contributed by atoms with Gasteiger partial charge in [0.05, 0.1) is 13.2 Å². The molecule has 0 radical (unpaired) electrons. The highest BCUT2D eigenvalue weighted by molar-refractivity contribution is 5.99. The Morgan fingerprint density at radius 3 is 1.29 bits per heavy atom. The minimum atomic E-state index is -1.78. The normalized spacial score (nSPS) is 16.0. The van der Waals surface area contributed by atoms with Crippen LogP contribution in [0.5, 0.6) is 0 Å². The molecule has 2 unspecified atom stereocenters. The number of allylic oxidation sites excluding steroid dienone is 2. The van der Waals surface area contributed by atoms with E-state index in [4.69, 9.17) is 9.47 Å². The number of rotatable bonds is 10. The van der Waals surface area contributed by atoms with Crippen molar-refractivity contribution in [2.75, 3.05) is 13.2 Å². The number of hydrogen-bond donors (Lipinski definition) is 2. The molecule has 0 fully saturated rings. The van der Waals surface area contributed by atoms with Crippen LogP contribution in [0.4, 0.5) is 0 Å². The summed E-state index contributed by atoms with van der Waals surface area (Å²) in [6.07, 6.45) is 2.32. The van der Waals surface area contributed by atoms with Crippen LogP contribution in [0.3, 0.4) is 0 Å². The van der Waals surface area contributed by atoms with Crippen LogP contribution < -0.4 is 0 Å². The van der Waals surface area contributed by atoms with Crippen molar-refractivity contribution in [3.8, 4) is 0 Å². The molecule has 8 heteroatoms. The van der Waals surface area contributed by atoms with E-state index in [1.54, 1.807) is 13.8 Å². The molecule has 0 amide bonds. The number of carboxylic acids is 2. The third-order valence-electron chi connectivity index (χ3n) is 3.61. The average Bonchev–Trinajstić information content (AvgIpc) is 2.50. The number of hydrogen-bond acceptors (Lipinski definition) is 6. The van der Waals surface area contributed by atoms with Crippen LogP contribution in [0.25, 0.3) is 0 Å². The minimum Gasteiger partial charge on any atom is -0.480 e. The highest BCUT2D eigenvalue weighted by atomic mass is 16.5. The molecule has 0 rings (SSSR count). The Morgan fingerprint density at radius 1 is 0.792 bits per heavy atom. The lowest BCUT2D eigenvalue weighted by atomic mass is 9.84. The Bertz CT molecular complexity index is 478. The van der Waals surface area contributed by atoms with Crippen molar-refractivity contribution in [3.63, 3.8) is 0 Å². The first-order chi connectivity index (χ1) is 11.1. The lowest BCUT2D eigenvalue weighted by Gasteiger charge is -2.22. The third-order valence-corrected chi connectivity index (χ3v) is 3.61. The number of esters is 2. The van der Waals surface area contributed by atoms with Gasteiger partial charge in [-0.2, -0.15) is 0 Å². The van der Waals surface area contributed by atoms with Crippen LogP contribution >= 0.6 is 0 Å². The molecular weight excluding hydrogens is 320 g/mol. The molecule has 136 valence electrons. The highest BCUT2D eigenvalue weighted by Gasteiger charge is 2.43. The van der Waals surface area contributed by atoms with Gasteiger partial charge in [-0.05, 0) is 40.5 Å². The van der Waals surface area contributed by atoms with Gasteiger partial charge in [-0.3, -0.25) is 19.2 Å². The van der Waals surface area contributed by atoms with Crippen LogP contribution in [0.2, 0.25) is 0 Å². The molecule has 0 bridgehead atoms. The van der Waals surface area contributed by atoms with E-state index >= 15 is 0 Å². The van der Waals surface area contributed by atoms with Gasteiger partial charge in [-0.25, -0.2) is 0 Å². The van der Waals surface area contributed by atoms with Crippen molar-refractivity contribution in [3.05, 3.63) is 12.2 Å². The molecule has 0 saturated carbocycles. The summed E-state index contributed by atoms with van der Waals surface area (Å²) in [6.45, 7) is 5.66. The first-order valence-corrected chi connectivity index (χ1v) is 7.52. The summed E-state index contributed by atoms with van der Waals surface area (Å²) in [7, 11) is 0. The van der Waals surface area contributed by atoms with Crippen molar-refractivity contribution < 1.29 is 38.9 Å². The van der Waals surface area contributed by atoms with E-state index in [0.717, 1.165) is 0 Å². The van der Waals surface area contributed by atoms with Crippen LogP contribution in [-0.2, 0) is 28.7 Å². The molecule has 0 aromatic rings. The van der Waals surface area contributed by atoms with E-state index in [1.165, 1.54) is 26.0 Å². The van der Waals surface area contributed by atoms with E-state index in [9.17, 15) is 29.4 Å². The lowest BCUT2D eigenvalue weighted by molar-refractivity contribution is -0.168. The standard InChI is InChI=1S/C16H24O8/c1-5-23-13(21)15(3,11(17)18)9-7-8-10-16(4,12(19)20)14(22)24-6-2/h7-8H,5-6,9-10H2,1-4H3,(H,17,18)(H,19,20)/b8-7+. The Kier molecular flexibility index (Phi) is 8.15. The second-order valence-corrected chi connectivity index (χ2v) is 5.60. The fourth-order valence-electron chi connectivity index (χ4n) is 1.73. The Morgan fingerprint density at radius 2 is 1.08 bits per heavy atom. The second-order valence-electron chi connectivity index (χ2n) is 5.60. The molecule has 0 aliphatic carbocycles. The molecule has 0 aromatic heterocycles. The molecule has 0 aliphatic rings. The predicted octanol–water partition coefficient (Wildman–Crippen LogP) is 1.63. The van der Waals surface area contributed by atoms with E-state index in [1.807, 2.05) is 0 Å². The van der Waals surface area contributed by atoms with E-state index in [-0.39, 0.29) is 26.1 Å². The maximum absolute atomic E-state index is 11.8. The maximum Gasteiger partial charge on any atom is 0.323 e.